The molecule has 5 aliphatic rings. The quantitative estimate of drug-likeness (QED) is 0.577. The lowest BCUT2D eigenvalue weighted by Crippen LogP contribution is -2.62. The van der Waals surface area contributed by atoms with Gasteiger partial charge in [0, 0.05) is 0 Å². The van der Waals surface area contributed by atoms with Crippen LogP contribution in [0.1, 0.15) is 86.5 Å². The molecule has 2 atom stereocenters. The van der Waals surface area contributed by atoms with Gasteiger partial charge in [0.05, 0.1) is 5.41 Å². The van der Waals surface area contributed by atoms with E-state index in [1.807, 2.05) is 0 Å². The Labute approximate surface area is 176 Å². The highest BCUT2D eigenvalue weighted by atomic mass is 16.6. The smallest absolute Gasteiger partial charge is 0.344 e. The molecule has 0 aromatic heterocycles. The molecular formula is C25H40O4. The zero-order valence-corrected chi connectivity index (χ0v) is 19.3. The molecule has 5 aliphatic carbocycles. The van der Waals surface area contributed by atoms with E-state index in [1.165, 1.54) is 32.1 Å². The Morgan fingerprint density at radius 3 is 1.93 bits per heavy atom. The fourth-order valence-corrected chi connectivity index (χ4v) is 8.07. The Morgan fingerprint density at radius 1 is 1.00 bits per heavy atom. The van der Waals surface area contributed by atoms with Crippen molar-refractivity contribution < 1.29 is 19.1 Å². The minimum absolute atomic E-state index is 0.174. The minimum atomic E-state index is -0.481. The zero-order valence-electron chi connectivity index (χ0n) is 19.3. The van der Waals surface area contributed by atoms with Crippen LogP contribution in [0.5, 0.6) is 0 Å². The third-order valence-electron chi connectivity index (χ3n) is 9.44. The molecule has 0 saturated heterocycles. The molecule has 5 fully saturated rings. The fourth-order valence-electron chi connectivity index (χ4n) is 8.07. The fraction of sp³-hybridized carbons (Fsp3) is 0.920. The topological polar surface area (TPSA) is 52.6 Å². The highest BCUT2D eigenvalue weighted by Gasteiger charge is 2.61. The van der Waals surface area contributed by atoms with Crippen molar-refractivity contribution in [2.45, 2.75) is 92.1 Å². The molecule has 0 N–H and O–H groups in total. The van der Waals surface area contributed by atoms with Crippen LogP contribution in [0.3, 0.4) is 0 Å². The third kappa shape index (κ3) is 3.07. The van der Waals surface area contributed by atoms with Crippen LogP contribution in [0.4, 0.5) is 0 Å². The van der Waals surface area contributed by atoms with E-state index in [0.717, 1.165) is 24.7 Å². The first-order chi connectivity index (χ1) is 13.5. The van der Waals surface area contributed by atoms with Crippen LogP contribution in [0.15, 0.2) is 0 Å². The molecule has 0 aromatic rings. The van der Waals surface area contributed by atoms with Gasteiger partial charge >= 0.3 is 11.9 Å². The van der Waals surface area contributed by atoms with E-state index < -0.39 is 5.41 Å². The number of ether oxygens (including phenoxy) is 2. The monoisotopic (exact) mass is 404 g/mol. The Kier molecular flexibility index (Phi) is 5.10. The van der Waals surface area contributed by atoms with Crippen molar-refractivity contribution in [3.05, 3.63) is 0 Å². The molecule has 0 aromatic carbocycles. The molecule has 4 bridgehead atoms. The largest absolute Gasteiger partial charge is 0.456 e. The van der Waals surface area contributed by atoms with Gasteiger partial charge < -0.3 is 9.47 Å². The highest BCUT2D eigenvalue weighted by Crippen LogP contribution is 2.62. The van der Waals surface area contributed by atoms with Crippen LogP contribution in [-0.4, -0.2) is 24.1 Å². The first kappa shape index (κ1) is 21.2. The number of rotatable bonds is 5. The van der Waals surface area contributed by atoms with Crippen LogP contribution in [-0.2, 0) is 19.1 Å². The summed E-state index contributed by atoms with van der Waals surface area (Å²) in [7, 11) is 0. The molecule has 5 rings (SSSR count). The molecule has 5 saturated carbocycles. The van der Waals surface area contributed by atoms with Crippen molar-refractivity contribution in [1.29, 1.82) is 0 Å². The van der Waals surface area contributed by atoms with E-state index in [9.17, 15) is 9.59 Å². The lowest BCUT2D eigenvalue weighted by atomic mass is 9.47. The van der Waals surface area contributed by atoms with Crippen molar-refractivity contribution in [2.75, 3.05) is 6.61 Å². The summed E-state index contributed by atoms with van der Waals surface area (Å²) in [6.07, 6.45) is 8.05. The summed E-state index contributed by atoms with van der Waals surface area (Å²) >= 11 is 0. The molecule has 164 valence electrons. The Balaban J connectivity index is 1.43. The number of hydrogen-bond donors (Lipinski definition) is 0. The summed E-state index contributed by atoms with van der Waals surface area (Å²) in [5, 5.41) is 0. The summed E-state index contributed by atoms with van der Waals surface area (Å²) < 4.78 is 11.9. The lowest BCUT2D eigenvalue weighted by molar-refractivity contribution is -0.229. The molecule has 4 heteroatoms. The van der Waals surface area contributed by atoms with Crippen molar-refractivity contribution >= 4 is 11.9 Å². The molecular weight excluding hydrogens is 364 g/mol. The lowest BCUT2D eigenvalue weighted by Gasteiger charge is -2.61. The molecule has 29 heavy (non-hydrogen) atoms. The van der Waals surface area contributed by atoms with Gasteiger partial charge in [-0.25, -0.2) is 4.79 Å². The molecule has 2 unspecified atom stereocenters. The van der Waals surface area contributed by atoms with Crippen LogP contribution < -0.4 is 0 Å². The van der Waals surface area contributed by atoms with Crippen LogP contribution >= 0.6 is 0 Å². The molecule has 4 nitrogen and oxygen atoms in total. The van der Waals surface area contributed by atoms with Gasteiger partial charge in [-0.2, -0.15) is 0 Å². The third-order valence-corrected chi connectivity index (χ3v) is 9.44. The maximum atomic E-state index is 13.0. The average molecular weight is 405 g/mol. The van der Waals surface area contributed by atoms with E-state index in [-0.39, 0.29) is 35.5 Å². The first-order valence-corrected chi connectivity index (χ1v) is 11.9. The Morgan fingerprint density at radius 2 is 1.55 bits per heavy atom. The van der Waals surface area contributed by atoms with Gasteiger partial charge in [0.25, 0.3) is 0 Å². The van der Waals surface area contributed by atoms with Crippen molar-refractivity contribution in [2.24, 2.45) is 46.3 Å². The summed E-state index contributed by atoms with van der Waals surface area (Å²) in [4.78, 5) is 25.9. The number of esters is 2. The van der Waals surface area contributed by atoms with Crippen LogP contribution in [0, 0.1) is 46.3 Å². The van der Waals surface area contributed by atoms with Gasteiger partial charge in [0.2, 0.25) is 0 Å². The number of hydrogen-bond acceptors (Lipinski definition) is 4. The molecule has 0 heterocycles. The van der Waals surface area contributed by atoms with Crippen LogP contribution in [0.2, 0.25) is 0 Å². The Bertz CT molecular complexity index is 645. The SMILES string of the molecule is CC(C)C1(OC(=O)COC(=O)C2(C(C)(C)C)CCC2C)C2CC3CC(C2)CC1C3. The summed E-state index contributed by atoms with van der Waals surface area (Å²) in [5.41, 5.74) is -1.01. The van der Waals surface area contributed by atoms with Gasteiger partial charge in [-0.3, -0.25) is 4.79 Å². The van der Waals surface area contributed by atoms with Crippen molar-refractivity contribution in [3.63, 3.8) is 0 Å². The number of carbonyl (C=O) groups excluding carboxylic acids is 2. The number of carbonyl (C=O) groups is 2. The summed E-state index contributed by atoms with van der Waals surface area (Å²) in [5.74, 6) is 2.62. The van der Waals surface area contributed by atoms with E-state index in [1.54, 1.807) is 0 Å². The van der Waals surface area contributed by atoms with E-state index in [4.69, 9.17) is 9.47 Å². The molecule has 0 amide bonds. The van der Waals surface area contributed by atoms with Crippen molar-refractivity contribution in [1.82, 2.24) is 0 Å². The van der Waals surface area contributed by atoms with Gasteiger partial charge in [-0.05, 0) is 85.9 Å². The van der Waals surface area contributed by atoms with Gasteiger partial charge in [0.15, 0.2) is 6.61 Å². The van der Waals surface area contributed by atoms with Gasteiger partial charge in [-0.1, -0.05) is 41.5 Å². The standard InChI is InChI=1S/C25H40O4/c1-15(2)25(19-10-17-9-18(12-19)13-20(25)11-17)29-21(26)14-28-22(27)24(23(4,5)6)8-7-16(24)3/h15-20H,7-14H2,1-6H3. The zero-order chi connectivity index (χ0) is 21.2. The van der Waals surface area contributed by atoms with Crippen LogP contribution in [0.25, 0.3) is 0 Å². The maximum Gasteiger partial charge on any atom is 0.344 e. The first-order valence-electron chi connectivity index (χ1n) is 11.9. The Hall–Kier alpha value is -1.06. The second-order valence-corrected chi connectivity index (χ2v) is 12.0. The van der Waals surface area contributed by atoms with Crippen molar-refractivity contribution in [3.8, 4) is 0 Å². The minimum Gasteiger partial charge on any atom is -0.456 e. The molecule has 0 spiro atoms. The van der Waals surface area contributed by atoms with E-state index in [0.29, 0.717) is 17.8 Å². The highest BCUT2D eigenvalue weighted by molar-refractivity contribution is 5.82. The van der Waals surface area contributed by atoms with E-state index in [2.05, 4.69) is 41.5 Å². The molecule has 0 radical (unpaired) electrons. The summed E-state index contributed by atoms with van der Waals surface area (Å²) in [6.45, 7) is 12.6. The molecule has 0 aliphatic heterocycles. The second kappa shape index (κ2) is 6.99. The normalized spacial score (nSPS) is 43.2. The maximum absolute atomic E-state index is 13.0. The average Bonchev–Trinajstić information content (AvgIpc) is 2.60. The van der Waals surface area contributed by atoms with Gasteiger partial charge in [0.1, 0.15) is 5.60 Å². The predicted octanol–water partition coefficient (Wildman–Crippen LogP) is 5.39. The van der Waals surface area contributed by atoms with E-state index >= 15 is 0 Å². The predicted molar refractivity (Wildman–Crippen MR) is 112 cm³/mol. The van der Waals surface area contributed by atoms with Gasteiger partial charge in [-0.15, -0.1) is 0 Å². The summed E-state index contributed by atoms with van der Waals surface area (Å²) in [6, 6.07) is 0. The second-order valence-electron chi connectivity index (χ2n) is 12.0.